The minimum absolute atomic E-state index is 0. The number of hydrogen-bond donors (Lipinski definition) is 1. The van der Waals surface area contributed by atoms with Crippen molar-refractivity contribution >= 4 is 0 Å². The van der Waals surface area contributed by atoms with Crippen LogP contribution >= 0.6 is 0 Å². The predicted molar refractivity (Wildman–Crippen MR) is 79.9 cm³/mol. The van der Waals surface area contributed by atoms with Crippen LogP contribution in [0.5, 0.6) is 0 Å². The van der Waals surface area contributed by atoms with Crippen molar-refractivity contribution in [1.82, 2.24) is 3.80 Å². The molecule has 1 aliphatic heterocycles. The maximum Gasteiger partial charge on any atom is -1.00 e. The minimum atomic E-state index is -1.79. The van der Waals surface area contributed by atoms with Gasteiger partial charge in [0.05, 0.1) is 0 Å². The second kappa shape index (κ2) is 7.54. The predicted octanol–water partition coefficient (Wildman–Crippen LogP) is -0.904. The van der Waals surface area contributed by atoms with E-state index < -0.39 is 16.8 Å². The van der Waals surface area contributed by atoms with E-state index in [1.807, 2.05) is 3.88 Å². The number of rotatable bonds is 3. The van der Waals surface area contributed by atoms with Crippen molar-refractivity contribution in [2.75, 3.05) is 0 Å². The van der Waals surface area contributed by atoms with Crippen LogP contribution in [0.3, 0.4) is 0 Å². The van der Waals surface area contributed by atoms with Crippen LogP contribution in [0.25, 0.3) is 0 Å². The van der Waals surface area contributed by atoms with E-state index in [2.05, 4.69) is 31.5 Å². The summed E-state index contributed by atoms with van der Waals surface area (Å²) < 4.78 is 9.27. The quantitative estimate of drug-likeness (QED) is 0.639. The van der Waals surface area contributed by atoms with Crippen molar-refractivity contribution < 1.29 is 41.7 Å². The summed E-state index contributed by atoms with van der Waals surface area (Å²) in [6.07, 6.45) is 7.27. The minimum Gasteiger partial charge on any atom is -1.00 e. The molecular formula is C17H29Cl2NTi. The molecule has 0 amide bonds. The molecule has 2 aliphatic carbocycles. The van der Waals surface area contributed by atoms with Crippen LogP contribution in [0.4, 0.5) is 0 Å². The van der Waals surface area contributed by atoms with Gasteiger partial charge in [0.15, 0.2) is 0 Å². The average molecular weight is 366 g/mol. The Kier molecular flexibility index (Phi) is 7.10. The molecule has 0 spiro atoms. The molecule has 1 saturated carbocycles. The molecule has 0 aromatic rings. The third kappa shape index (κ3) is 3.64. The van der Waals surface area contributed by atoms with Crippen molar-refractivity contribution in [3.8, 4) is 0 Å². The van der Waals surface area contributed by atoms with Crippen LogP contribution < -0.4 is 28.6 Å². The smallest absolute Gasteiger partial charge is 1.00 e. The summed E-state index contributed by atoms with van der Waals surface area (Å²) in [5.41, 5.74) is 4.92. The first kappa shape index (κ1) is 19.8. The zero-order chi connectivity index (χ0) is 13.6. The fourth-order valence-electron chi connectivity index (χ4n) is 4.39. The molecule has 1 nitrogen and oxygen atoms in total. The summed E-state index contributed by atoms with van der Waals surface area (Å²) >= 11 is -1.79. The van der Waals surface area contributed by atoms with Crippen molar-refractivity contribution in [2.24, 2.45) is 5.92 Å². The van der Waals surface area contributed by atoms with E-state index in [1.54, 1.807) is 26.2 Å². The molecule has 0 radical (unpaired) electrons. The number of halogens is 2. The van der Waals surface area contributed by atoms with Gasteiger partial charge in [-0.15, -0.1) is 0 Å². The fourth-order valence-corrected chi connectivity index (χ4v) is 12.6. The van der Waals surface area contributed by atoms with Crippen LogP contribution in [0, 0.1) is 5.92 Å². The van der Waals surface area contributed by atoms with Crippen LogP contribution in [0.2, 0.25) is 9.45 Å². The monoisotopic (exact) mass is 365 g/mol. The van der Waals surface area contributed by atoms with Crippen LogP contribution in [-0.4, -0.2) is 6.04 Å². The molecule has 3 aliphatic rings. The fraction of sp³-hybridized carbons (Fsp3) is 0.765. The maximum absolute atomic E-state index is 4.25. The number of nitrogens with one attached hydrogen (secondary N) is 1. The number of allylic oxidation sites excluding steroid dienone is 4. The maximum atomic E-state index is 4.25. The summed E-state index contributed by atoms with van der Waals surface area (Å²) in [5.74, 6) is 0.749. The summed E-state index contributed by atoms with van der Waals surface area (Å²) in [5, 5.41) is 0. The van der Waals surface area contributed by atoms with Gasteiger partial charge in [-0.25, -0.2) is 0 Å². The topological polar surface area (TPSA) is 12.0 Å². The molecule has 1 N–H and O–H groups in total. The van der Waals surface area contributed by atoms with Gasteiger partial charge in [0.25, 0.3) is 0 Å². The molecule has 21 heavy (non-hydrogen) atoms. The van der Waals surface area contributed by atoms with Gasteiger partial charge >= 0.3 is 122 Å². The Hall–Kier alpha value is 0.734. The Morgan fingerprint density at radius 2 is 1.48 bits per heavy atom. The van der Waals surface area contributed by atoms with Crippen LogP contribution in [0.1, 0.15) is 59.8 Å². The van der Waals surface area contributed by atoms with E-state index in [4.69, 9.17) is 0 Å². The largest absolute Gasteiger partial charge is 1.00 e. The molecule has 0 aromatic carbocycles. The van der Waals surface area contributed by atoms with Gasteiger partial charge in [-0.1, -0.05) is 0 Å². The van der Waals surface area contributed by atoms with Gasteiger partial charge in [-0.05, 0) is 0 Å². The first-order chi connectivity index (χ1) is 9.05. The third-order valence-corrected chi connectivity index (χ3v) is 12.7. The van der Waals surface area contributed by atoms with Gasteiger partial charge < -0.3 is 24.8 Å². The van der Waals surface area contributed by atoms with E-state index in [0.717, 1.165) is 12.0 Å². The van der Waals surface area contributed by atoms with E-state index in [-0.39, 0.29) is 24.8 Å². The standard InChI is InChI=1S/C9H13.C6H12N.C2H4.2ClH.Ti/c1-6-5-7(2)9(4)8(6)3;7-6-4-2-1-3-5-6;1-2;;;/h6H,1-4H3;6-7H,1-5H2;1-2H2;2*1H;/q;-1;;;;+3/p-2. The Bertz CT molecular complexity index is 446. The summed E-state index contributed by atoms with van der Waals surface area (Å²) in [6.45, 7) is 9.55. The Balaban J connectivity index is 0.00000110. The first-order valence-corrected chi connectivity index (χ1v) is 12.0. The summed E-state index contributed by atoms with van der Waals surface area (Å²) in [7, 11) is 0. The third-order valence-electron chi connectivity index (χ3n) is 5.99. The molecule has 0 bridgehead atoms. The van der Waals surface area contributed by atoms with Crippen LogP contribution in [0.15, 0.2) is 20.6 Å². The first-order valence-electron chi connectivity index (χ1n) is 8.22. The Morgan fingerprint density at radius 1 is 0.905 bits per heavy atom. The summed E-state index contributed by atoms with van der Waals surface area (Å²) in [6, 6.07) is 0.866. The van der Waals surface area contributed by atoms with Crippen molar-refractivity contribution in [3.63, 3.8) is 0 Å². The normalized spacial score (nSPS) is 26.8. The zero-order valence-electron chi connectivity index (χ0n) is 13.9. The van der Waals surface area contributed by atoms with E-state index in [9.17, 15) is 0 Å². The zero-order valence-corrected chi connectivity index (χ0v) is 16.9. The van der Waals surface area contributed by atoms with Crippen molar-refractivity contribution in [1.29, 1.82) is 0 Å². The number of hydrogen-bond acceptors (Lipinski definition) is 1. The molecule has 3 rings (SSSR count). The molecule has 1 unspecified atom stereocenters. The van der Waals surface area contributed by atoms with E-state index in [0.29, 0.717) is 0 Å². The molecular weight excluding hydrogens is 337 g/mol. The van der Waals surface area contributed by atoms with Gasteiger partial charge in [-0.2, -0.15) is 0 Å². The Morgan fingerprint density at radius 3 is 1.90 bits per heavy atom. The van der Waals surface area contributed by atoms with Gasteiger partial charge in [0.1, 0.15) is 0 Å². The van der Waals surface area contributed by atoms with Crippen molar-refractivity contribution in [2.45, 2.75) is 75.3 Å². The van der Waals surface area contributed by atoms with Gasteiger partial charge in [0.2, 0.25) is 0 Å². The second-order valence-electron chi connectivity index (χ2n) is 7.13. The molecule has 1 saturated heterocycles. The molecule has 1 heterocycles. The molecule has 120 valence electrons. The summed E-state index contributed by atoms with van der Waals surface area (Å²) in [4.78, 5) is 0. The molecule has 1 atom stereocenters. The SMILES string of the molecule is CC1=C(C)C(C)[C]([Ti+2]2([NH]C3CCCCC3)[CH2][CH2]2)=C1C.[Cl-].[Cl-]. The molecule has 4 heteroatoms. The van der Waals surface area contributed by atoms with E-state index >= 15 is 0 Å². The van der Waals surface area contributed by atoms with Gasteiger partial charge in [-0.3, -0.25) is 0 Å². The van der Waals surface area contributed by atoms with Crippen molar-refractivity contribution in [3.05, 3.63) is 20.6 Å². The average Bonchev–Trinajstić information content (AvgIpc) is 3.14. The van der Waals surface area contributed by atoms with Crippen LogP contribution in [-0.2, 0) is 16.8 Å². The van der Waals surface area contributed by atoms with Gasteiger partial charge in [0, 0.05) is 0 Å². The second-order valence-corrected chi connectivity index (χ2v) is 13.4. The molecule has 0 aromatic heterocycles. The molecule has 2 fully saturated rings. The Labute approximate surface area is 146 Å². The van der Waals surface area contributed by atoms with E-state index in [1.165, 1.54) is 32.1 Å².